The molecule has 3 amide bonds. The molecule has 11 heteroatoms. The van der Waals surface area contributed by atoms with Gasteiger partial charge in [0.05, 0.1) is 23.3 Å². The fraction of sp³-hybridized carbons (Fsp3) is 0.200. The summed E-state index contributed by atoms with van der Waals surface area (Å²) in [4.78, 5) is 49.8. The van der Waals surface area contributed by atoms with E-state index in [-0.39, 0.29) is 40.2 Å². The van der Waals surface area contributed by atoms with Crippen LogP contribution in [0.3, 0.4) is 0 Å². The van der Waals surface area contributed by atoms with Crippen molar-refractivity contribution in [3.63, 3.8) is 0 Å². The quantitative estimate of drug-likeness (QED) is 0.237. The standard InChI is InChI=1S/C30H28ClFN4O5/c1-16(2)27(37)33-15-17-5-8-23(31)21(11-17)28(38)34-19-7-10-25-18(12-19)13-26(36(25)3)29(39)35-20-6-9-24(32)22(14-20)30(40)41-4/h5-14,16H,15H2,1-4H3,(H,33,37)(H,34,38)(H,35,39). The van der Waals surface area contributed by atoms with E-state index in [1.807, 2.05) is 0 Å². The van der Waals surface area contributed by atoms with Gasteiger partial charge in [0, 0.05) is 41.8 Å². The first-order valence-corrected chi connectivity index (χ1v) is 13.0. The van der Waals surface area contributed by atoms with E-state index in [2.05, 4.69) is 20.7 Å². The SMILES string of the molecule is COC(=O)c1cc(NC(=O)c2cc3cc(NC(=O)c4cc(CNC(=O)C(C)C)ccc4Cl)ccc3n2C)ccc1F. The number of hydrogen-bond acceptors (Lipinski definition) is 5. The maximum Gasteiger partial charge on any atom is 0.340 e. The highest BCUT2D eigenvalue weighted by molar-refractivity contribution is 6.34. The van der Waals surface area contributed by atoms with Crippen molar-refractivity contribution in [3.05, 3.63) is 93.9 Å². The van der Waals surface area contributed by atoms with Gasteiger partial charge < -0.3 is 25.3 Å². The second-order valence-corrected chi connectivity index (χ2v) is 10.1. The van der Waals surface area contributed by atoms with Crippen molar-refractivity contribution in [2.24, 2.45) is 13.0 Å². The number of methoxy groups -OCH3 is 1. The molecule has 1 heterocycles. The van der Waals surface area contributed by atoms with Crippen molar-refractivity contribution >= 4 is 57.6 Å². The Bertz CT molecular complexity index is 1680. The molecule has 0 radical (unpaired) electrons. The number of esters is 1. The number of benzene rings is 3. The Kier molecular flexibility index (Phi) is 8.73. The number of nitrogens with zero attached hydrogens (tertiary/aromatic N) is 1. The Hall–Kier alpha value is -4.70. The molecule has 0 saturated heterocycles. The van der Waals surface area contributed by atoms with Gasteiger partial charge in [0.25, 0.3) is 11.8 Å². The summed E-state index contributed by atoms with van der Waals surface area (Å²) in [5, 5.41) is 9.25. The molecule has 0 aliphatic rings. The lowest BCUT2D eigenvalue weighted by molar-refractivity contribution is -0.124. The Labute approximate surface area is 240 Å². The summed E-state index contributed by atoms with van der Waals surface area (Å²) < 4.78 is 20.2. The summed E-state index contributed by atoms with van der Waals surface area (Å²) in [6.07, 6.45) is 0. The minimum atomic E-state index is -0.858. The smallest absolute Gasteiger partial charge is 0.340 e. The van der Waals surface area contributed by atoms with E-state index >= 15 is 0 Å². The van der Waals surface area contributed by atoms with Gasteiger partial charge in [-0.2, -0.15) is 0 Å². The first kappa shape index (κ1) is 29.3. The average Bonchev–Trinajstić information content (AvgIpc) is 3.28. The van der Waals surface area contributed by atoms with Crippen LogP contribution in [0.5, 0.6) is 0 Å². The molecule has 4 rings (SSSR count). The third kappa shape index (κ3) is 6.55. The van der Waals surface area contributed by atoms with Gasteiger partial charge in [0.15, 0.2) is 0 Å². The number of fused-ring (bicyclic) bond motifs is 1. The molecule has 9 nitrogen and oxygen atoms in total. The topological polar surface area (TPSA) is 119 Å². The van der Waals surface area contributed by atoms with Gasteiger partial charge in [-0.15, -0.1) is 0 Å². The summed E-state index contributed by atoms with van der Waals surface area (Å²) in [5.74, 6) is -2.79. The van der Waals surface area contributed by atoms with Crippen LogP contribution in [0.2, 0.25) is 5.02 Å². The molecule has 3 aromatic carbocycles. The lowest BCUT2D eigenvalue weighted by atomic mass is 10.1. The van der Waals surface area contributed by atoms with Crippen LogP contribution in [0, 0.1) is 11.7 Å². The number of nitrogens with one attached hydrogen (secondary N) is 3. The predicted octanol–water partition coefficient (Wildman–Crippen LogP) is 5.53. The number of amides is 3. The molecule has 0 saturated carbocycles. The Morgan fingerprint density at radius 3 is 2.29 bits per heavy atom. The molecule has 212 valence electrons. The van der Waals surface area contributed by atoms with Gasteiger partial charge in [0.1, 0.15) is 11.5 Å². The second-order valence-electron chi connectivity index (χ2n) is 9.64. The molecule has 1 aromatic heterocycles. The van der Waals surface area contributed by atoms with Gasteiger partial charge in [-0.1, -0.05) is 31.5 Å². The zero-order valence-corrected chi connectivity index (χ0v) is 23.6. The Balaban J connectivity index is 1.52. The van der Waals surface area contributed by atoms with Gasteiger partial charge >= 0.3 is 5.97 Å². The van der Waals surface area contributed by atoms with Crippen LogP contribution in [-0.4, -0.2) is 35.4 Å². The third-order valence-electron chi connectivity index (χ3n) is 6.43. The van der Waals surface area contributed by atoms with Gasteiger partial charge in [0.2, 0.25) is 5.91 Å². The van der Waals surface area contributed by atoms with Crippen molar-refractivity contribution in [2.45, 2.75) is 20.4 Å². The summed E-state index contributed by atoms with van der Waals surface area (Å²) in [6, 6.07) is 15.4. The first-order valence-electron chi connectivity index (χ1n) is 12.6. The van der Waals surface area contributed by atoms with Crippen LogP contribution in [0.25, 0.3) is 10.9 Å². The number of carbonyl (C=O) groups excluding carboxylic acids is 4. The van der Waals surface area contributed by atoms with Gasteiger partial charge in [-0.25, -0.2) is 9.18 Å². The molecule has 3 N–H and O–H groups in total. The molecule has 0 aliphatic heterocycles. The number of rotatable bonds is 8. The fourth-order valence-electron chi connectivity index (χ4n) is 4.16. The zero-order valence-electron chi connectivity index (χ0n) is 22.8. The summed E-state index contributed by atoms with van der Waals surface area (Å²) in [5.41, 5.74) is 2.40. The first-order chi connectivity index (χ1) is 19.5. The number of anilines is 2. The van der Waals surface area contributed by atoms with Crippen LogP contribution < -0.4 is 16.0 Å². The molecule has 0 aliphatic carbocycles. The monoisotopic (exact) mass is 578 g/mol. The van der Waals surface area contributed by atoms with E-state index in [0.717, 1.165) is 24.3 Å². The minimum Gasteiger partial charge on any atom is -0.465 e. The van der Waals surface area contributed by atoms with Crippen molar-refractivity contribution < 1.29 is 28.3 Å². The zero-order chi connectivity index (χ0) is 29.8. The van der Waals surface area contributed by atoms with Crippen LogP contribution in [0.15, 0.2) is 60.7 Å². The van der Waals surface area contributed by atoms with E-state index in [0.29, 0.717) is 16.8 Å². The van der Waals surface area contributed by atoms with Crippen LogP contribution in [-0.2, 0) is 23.1 Å². The maximum absolute atomic E-state index is 14.0. The number of hydrogen-bond donors (Lipinski definition) is 3. The second kappa shape index (κ2) is 12.2. The molecule has 4 aromatic rings. The van der Waals surface area contributed by atoms with Crippen molar-refractivity contribution in [2.75, 3.05) is 17.7 Å². The van der Waals surface area contributed by atoms with Gasteiger partial charge in [-0.05, 0) is 60.2 Å². The highest BCUT2D eigenvalue weighted by Crippen LogP contribution is 2.26. The lowest BCUT2D eigenvalue weighted by Gasteiger charge is -2.11. The molecule has 41 heavy (non-hydrogen) atoms. The molecule has 0 fully saturated rings. The summed E-state index contributed by atoms with van der Waals surface area (Å²) >= 11 is 6.29. The molecular weight excluding hydrogens is 551 g/mol. The molecule has 0 unspecified atom stereocenters. The Morgan fingerprint density at radius 1 is 0.902 bits per heavy atom. The number of halogens is 2. The summed E-state index contributed by atoms with van der Waals surface area (Å²) in [6.45, 7) is 3.85. The number of ether oxygens (including phenoxy) is 1. The number of aryl methyl sites for hydroxylation is 1. The lowest BCUT2D eigenvalue weighted by Crippen LogP contribution is -2.27. The fourth-order valence-corrected chi connectivity index (χ4v) is 4.36. The largest absolute Gasteiger partial charge is 0.465 e. The minimum absolute atomic E-state index is 0.0984. The van der Waals surface area contributed by atoms with Crippen LogP contribution >= 0.6 is 11.6 Å². The van der Waals surface area contributed by atoms with E-state index in [9.17, 15) is 23.6 Å². The van der Waals surface area contributed by atoms with E-state index in [4.69, 9.17) is 11.6 Å². The van der Waals surface area contributed by atoms with Crippen molar-refractivity contribution in [1.29, 1.82) is 0 Å². The number of aromatic nitrogens is 1. The average molecular weight is 579 g/mol. The maximum atomic E-state index is 14.0. The van der Waals surface area contributed by atoms with Crippen molar-refractivity contribution in [1.82, 2.24) is 9.88 Å². The number of carbonyl (C=O) groups is 4. The highest BCUT2D eigenvalue weighted by atomic mass is 35.5. The van der Waals surface area contributed by atoms with Crippen molar-refractivity contribution in [3.8, 4) is 0 Å². The van der Waals surface area contributed by atoms with Gasteiger partial charge in [-0.3, -0.25) is 14.4 Å². The van der Waals surface area contributed by atoms with Crippen LogP contribution in [0.4, 0.5) is 15.8 Å². The molecule has 0 spiro atoms. The predicted molar refractivity (Wildman–Crippen MR) is 155 cm³/mol. The third-order valence-corrected chi connectivity index (χ3v) is 6.76. The highest BCUT2D eigenvalue weighted by Gasteiger charge is 2.18. The molecule has 0 bridgehead atoms. The summed E-state index contributed by atoms with van der Waals surface area (Å²) in [7, 11) is 2.85. The van der Waals surface area contributed by atoms with Crippen LogP contribution in [0.1, 0.15) is 50.6 Å². The van der Waals surface area contributed by atoms with E-state index in [1.54, 1.807) is 67.9 Å². The van der Waals surface area contributed by atoms with E-state index < -0.39 is 23.6 Å². The normalized spacial score (nSPS) is 10.9. The molecule has 0 atom stereocenters. The molecular formula is C30H28ClFN4O5. The van der Waals surface area contributed by atoms with E-state index in [1.165, 1.54) is 12.1 Å². The Morgan fingerprint density at radius 2 is 1.59 bits per heavy atom.